The predicted octanol–water partition coefficient (Wildman–Crippen LogP) is 2.67. The van der Waals surface area contributed by atoms with Crippen LogP contribution in [0.15, 0.2) is 0 Å². The van der Waals surface area contributed by atoms with E-state index in [0.717, 1.165) is 31.4 Å². The number of carbonyl (C=O) groups is 2. The molecule has 5 heteroatoms. The number of carboxylic acids is 1. The average Bonchev–Trinajstić information content (AvgIpc) is 2.33. The van der Waals surface area contributed by atoms with Gasteiger partial charge in [0.15, 0.2) is 0 Å². The SMILES string of the molecule is CSCC[C@@H](NC(=O)C1CCCCCCC1)C(=O)O. The Morgan fingerprint density at radius 2 is 1.79 bits per heavy atom. The summed E-state index contributed by atoms with van der Waals surface area (Å²) in [7, 11) is 0. The molecule has 0 bridgehead atoms. The third-order valence-electron chi connectivity index (χ3n) is 3.70. The monoisotopic (exact) mass is 287 g/mol. The zero-order chi connectivity index (χ0) is 14.1. The van der Waals surface area contributed by atoms with Crippen molar-refractivity contribution < 1.29 is 14.7 Å². The molecule has 110 valence electrons. The van der Waals surface area contributed by atoms with Crippen molar-refractivity contribution in [2.75, 3.05) is 12.0 Å². The van der Waals surface area contributed by atoms with E-state index in [9.17, 15) is 9.59 Å². The summed E-state index contributed by atoms with van der Waals surface area (Å²) in [6.45, 7) is 0. The Labute approximate surface area is 119 Å². The number of hydrogen-bond donors (Lipinski definition) is 2. The maximum atomic E-state index is 12.2. The molecule has 0 heterocycles. The fourth-order valence-electron chi connectivity index (χ4n) is 2.50. The maximum absolute atomic E-state index is 12.2. The van der Waals surface area contributed by atoms with Crippen molar-refractivity contribution in [1.82, 2.24) is 5.32 Å². The molecular formula is C14H25NO3S. The lowest BCUT2D eigenvalue weighted by Crippen LogP contribution is -2.44. The van der Waals surface area contributed by atoms with Crippen LogP contribution in [0.2, 0.25) is 0 Å². The van der Waals surface area contributed by atoms with E-state index in [2.05, 4.69) is 5.32 Å². The number of carbonyl (C=O) groups excluding carboxylic acids is 1. The van der Waals surface area contributed by atoms with E-state index in [1.807, 2.05) is 6.26 Å². The van der Waals surface area contributed by atoms with Gasteiger partial charge >= 0.3 is 5.97 Å². The molecule has 1 saturated carbocycles. The van der Waals surface area contributed by atoms with Crippen LogP contribution in [-0.4, -0.2) is 35.0 Å². The second-order valence-corrected chi connectivity index (χ2v) is 6.21. The van der Waals surface area contributed by atoms with E-state index >= 15 is 0 Å². The van der Waals surface area contributed by atoms with Crippen LogP contribution in [0.3, 0.4) is 0 Å². The molecule has 19 heavy (non-hydrogen) atoms. The van der Waals surface area contributed by atoms with Gasteiger partial charge in [-0.3, -0.25) is 4.79 Å². The molecule has 1 aliphatic rings. The van der Waals surface area contributed by atoms with E-state index in [1.165, 1.54) is 19.3 Å². The molecule has 0 unspecified atom stereocenters. The molecule has 0 aromatic carbocycles. The van der Waals surface area contributed by atoms with Gasteiger partial charge in [0, 0.05) is 5.92 Å². The summed E-state index contributed by atoms with van der Waals surface area (Å²) in [6.07, 6.45) is 10.1. The lowest BCUT2D eigenvalue weighted by molar-refractivity contribution is -0.142. The van der Waals surface area contributed by atoms with E-state index in [0.29, 0.717) is 6.42 Å². The fourth-order valence-corrected chi connectivity index (χ4v) is 2.97. The second kappa shape index (κ2) is 9.23. The Balaban J connectivity index is 2.46. The van der Waals surface area contributed by atoms with Crippen LogP contribution in [0.1, 0.15) is 51.4 Å². The fraction of sp³-hybridized carbons (Fsp3) is 0.857. The molecule has 1 rings (SSSR count). The highest BCUT2D eigenvalue weighted by Crippen LogP contribution is 2.22. The molecule has 0 aliphatic heterocycles. The quantitative estimate of drug-likeness (QED) is 0.788. The van der Waals surface area contributed by atoms with Crippen molar-refractivity contribution in [1.29, 1.82) is 0 Å². The molecule has 4 nitrogen and oxygen atoms in total. The van der Waals surface area contributed by atoms with Crippen LogP contribution in [0.4, 0.5) is 0 Å². The Kier molecular flexibility index (Phi) is 7.94. The van der Waals surface area contributed by atoms with Gasteiger partial charge in [0.05, 0.1) is 0 Å². The summed E-state index contributed by atoms with van der Waals surface area (Å²) in [4.78, 5) is 23.3. The minimum absolute atomic E-state index is 0.0106. The van der Waals surface area contributed by atoms with E-state index in [-0.39, 0.29) is 11.8 Å². The zero-order valence-corrected chi connectivity index (χ0v) is 12.5. The first-order chi connectivity index (χ1) is 9.15. The van der Waals surface area contributed by atoms with Crippen molar-refractivity contribution in [2.45, 2.75) is 57.4 Å². The molecule has 2 N–H and O–H groups in total. The summed E-state index contributed by atoms with van der Waals surface area (Å²) >= 11 is 1.60. The molecule has 0 aromatic rings. The molecule has 0 spiro atoms. The molecule has 1 atom stereocenters. The minimum atomic E-state index is -0.923. The highest BCUT2D eigenvalue weighted by atomic mass is 32.2. The Morgan fingerprint density at radius 3 is 2.32 bits per heavy atom. The Hall–Kier alpha value is -0.710. The third kappa shape index (κ3) is 6.32. The average molecular weight is 287 g/mol. The predicted molar refractivity (Wildman–Crippen MR) is 78.4 cm³/mol. The van der Waals surface area contributed by atoms with Gasteiger partial charge in [0.1, 0.15) is 6.04 Å². The maximum Gasteiger partial charge on any atom is 0.326 e. The Bertz CT molecular complexity index is 288. The topological polar surface area (TPSA) is 66.4 Å². The molecular weight excluding hydrogens is 262 g/mol. The first kappa shape index (κ1) is 16.3. The van der Waals surface area contributed by atoms with E-state index in [1.54, 1.807) is 11.8 Å². The van der Waals surface area contributed by atoms with Gasteiger partial charge in [-0.15, -0.1) is 0 Å². The number of thioether (sulfide) groups is 1. The van der Waals surface area contributed by atoms with Crippen LogP contribution in [-0.2, 0) is 9.59 Å². The third-order valence-corrected chi connectivity index (χ3v) is 4.35. The lowest BCUT2D eigenvalue weighted by Gasteiger charge is -2.21. The van der Waals surface area contributed by atoms with Crippen LogP contribution in [0, 0.1) is 5.92 Å². The molecule has 1 fully saturated rings. The summed E-state index contributed by atoms with van der Waals surface area (Å²) in [5, 5.41) is 11.8. The highest BCUT2D eigenvalue weighted by molar-refractivity contribution is 7.98. The first-order valence-corrected chi connectivity index (χ1v) is 8.56. The van der Waals surface area contributed by atoms with Gasteiger partial charge < -0.3 is 10.4 Å². The van der Waals surface area contributed by atoms with Crippen molar-refractivity contribution in [2.24, 2.45) is 5.92 Å². The van der Waals surface area contributed by atoms with Gasteiger partial charge in [0.25, 0.3) is 0 Å². The normalized spacial score (nSPS) is 19.2. The van der Waals surface area contributed by atoms with Crippen molar-refractivity contribution in [3.63, 3.8) is 0 Å². The van der Waals surface area contributed by atoms with Gasteiger partial charge in [-0.1, -0.05) is 32.1 Å². The van der Waals surface area contributed by atoms with Gasteiger partial charge in [0.2, 0.25) is 5.91 Å². The summed E-state index contributed by atoms with van der Waals surface area (Å²) in [5.74, 6) is -0.220. The standard InChI is InChI=1S/C14H25NO3S/c1-19-10-9-12(14(17)18)15-13(16)11-7-5-3-2-4-6-8-11/h11-12H,2-10H2,1H3,(H,15,16)(H,17,18)/t12-/m1/s1. The first-order valence-electron chi connectivity index (χ1n) is 7.17. The largest absolute Gasteiger partial charge is 0.480 e. The summed E-state index contributed by atoms with van der Waals surface area (Å²) in [5.41, 5.74) is 0. The van der Waals surface area contributed by atoms with E-state index < -0.39 is 12.0 Å². The highest BCUT2D eigenvalue weighted by Gasteiger charge is 2.25. The van der Waals surface area contributed by atoms with Crippen LogP contribution >= 0.6 is 11.8 Å². The van der Waals surface area contributed by atoms with Gasteiger partial charge in [-0.2, -0.15) is 11.8 Å². The summed E-state index contributed by atoms with van der Waals surface area (Å²) in [6, 6.07) is -0.731. The van der Waals surface area contributed by atoms with Crippen molar-refractivity contribution in [3.8, 4) is 0 Å². The number of aliphatic carboxylic acids is 1. The summed E-state index contributed by atoms with van der Waals surface area (Å²) < 4.78 is 0. The van der Waals surface area contributed by atoms with Gasteiger partial charge in [-0.05, 0) is 31.3 Å². The lowest BCUT2D eigenvalue weighted by atomic mass is 9.90. The molecule has 1 aliphatic carbocycles. The van der Waals surface area contributed by atoms with Crippen molar-refractivity contribution in [3.05, 3.63) is 0 Å². The van der Waals surface area contributed by atoms with Crippen LogP contribution < -0.4 is 5.32 Å². The van der Waals surface area contributed by atoms with Crippen LogP contribution in [0.5, 0.6) is 0 Å². The van der Waals surface area contributed by atoms with E-state index in [4.69, 9.17) is 5.11 Å². The number of rotatable bonds is 6. The molecule has 0 radical (unpaired) electrons. The molecule has 0 aromatic heterocycles. The smallest absolute Gasteiger partial charge is 0.326 e. The Morgan fingerprint density at radius 1 is 1.21 bits per heavy atom. The molecule has 0 saturated heterocycles. The second-order valence-electron chi connectivity index (χ2n) is 5.22. The van der Waals surface area contributed by atoms with Crippen molar-refractivity contribution >= 4 is 23.6 Å². The number of hydrogen-bond acceptors (Lipinski definition) is 3. The number of amides is 1. The molecule has 1 amide bonds. The van der Waals surface area contributed by atoms with Gasteiger partial charge in [-0.25, -0.2) is 4.79 Å². The zero-order valence-electron chi connectivity index (χ0n) is 11.7. The van der Waals surface area contributed by atoms with Crippen LogP contribution in [0.25, 0.3) is 0 Å². The number of carboxylic acid groups (broad SMARTS) is 1. The number of nitrogens with one attached hydrogen (secondary N) is 1. The minimum Gasteiger partial charge on any atom is -0.480 e.